The van der Waals surface area contributed by atoms with Crippen LogP contribution in [0.1, 0.15) is 77.0 Å². The summed E-state index contributed by atoms with van der Waals surface area (Å²) in [7, 11) is 1.98. The van der Waals surface area contributed by atoms with Crippen molar-refractivity contribution < 1.29 is 4.65 Å². The Kier molecular flexibility index (Phi) is 7.67. The van der Waals surface area contributed by atoms with Gasteiger partial charge in [0, 0.05) is 5.88 Å². The van der Waals surface area contributed by atoms with Gasteiger partial charge in [0.2, 0.25) is 0 Å². The van der Waals surface area contributed by atoms with Crippen LogP contribution in [0.3, 0.4) is 0 Å². The van der Waals surface area contributed by atoms with Crippen molar-refractivity contribution >= 4 is 17.9 Å². The summed E-state index contributed by atoms with van der Waals surface area (Å²) in [5, 5.41) is 0. The maximum Gasteiger partial charge on any atom is 0.140 e. The highest BCUT2D eigenvalue weighted by Gasteiger charge is 2.38. The van der Waals surface area contributed by atoms with Gasteiger partial charge in [0.25, 0.3) is 0 Å². The molecular weight excluding hydrogens is 278 g/mol. The number of rotatable bonds is 7. The first-order chi connectivity index (χ1) is 10.3. The fourth-order valence-corrected chi connectivity index (χ4v) is 5.13. The molecule has 2 rings (SSSR count). The van der Waals surface area contributed by atoms with Crippen molar-refractivity contribution in [3.63, 3.8) is 0 Å². The van der Waals surface area contributed by atoms with Gasteiger partial charge in [-0.05, 0) is 20.0 Å². The van der Waals surface area contributed by atoms with Gasteiger partial charge in [-0.15, -0.1) is 29.3 Å². The molecule has 0 unspecified atom stereocenters. The molecule has 0 spiro atoms. The van der Waals surface area contributed by atoms with Crippen molar-refractivity contribution in [3.8, 4) is 0 Å². The van der Waals surface area contributed by atoms with Crippen LogP contribution in [0.15, 0.2) is 12.1 Å². The molecule has 0 saturated heterocycles. The summed E-state index contributed by atoms with van der Waals surface area (Å²) < 4.78 is 6.34. The Bertz CT molecular complexity index is 288. The zero-order chi connectivity index (χ0) is 15.0. The summed E-state index contributed by atoms with van der Waals surface area (Å²) in [6, 6.07) is 0. The van der Waals surface area contributed by atoms with Crippen LogP contribution in [0, 0.1) is 0 Å². The molecule has 0 aromatic carbocycles. The lowest BCUT2D eigenvalue weighted by atomic mass is 9.23. The molecule has 0 heterocycles. The van der Waals surface area contributed by atoms with Crippen molar-refractivity contribution in [2.75, 3.05) is 13.0 Å². The van der Waals surface area contributed by atoms with Crippen molar-refractivity contribution in [1.82, 2.24) is 0 Å². The smallest absolute Gasteiger partial charge is 0.140 e. The van der Waals surface area contributed by atoms with E-state index in [4.69, 9.17) is 16.3 Å². The Morgan fingerprint density at radius 2 is 1.48 bits per heavy atom. The van der Waals surface area contributed by atoms with Gasteiger partial charge < -0.3 is 4.65 Å². The summed E-state index contributed by atoms with van der Waals surface area (Å²) in [6.45, 7) is 0. The lowest BCUT2D eigenvalue weighted by molar-refractivity contribution is 0.329. The maximum atomic E-state index is 6.34. The first kappa shape index (κ1) is 17.4. The van der Waals surface area contributed by atoms with Crippen LogP contribution in [0.4, 0.5) is 0 Å². The maximum absolute atomic E-state index is 6.34. The molecule has 0 amide bonds. The zero-order valence-corrected chi connectivity index (χ0v) is 14.6. The Balaban J connectivity index is 2.14. The minimum absolute atomic E-state index is 0.768. The number of alkyl halides is 1. The summed E-state index contributed by atoms with van der Waals surface area (Å²) in [5.41, 5.74) is 0. The summed E-state index contributed by atoms with van der Waals surface area (Å²) in [5.74, 6) is 4.86. The molecule has 2 saturated carbocycles. The van der Waals surface area contributed by atoms with Gasteiger partial charge >= 0.3 is 0 Å². The fourth-order valence-electron chi connectivity index (χ4n) is 4.98. The van der Waals surface area contributed by atoms with Crippen molar-refractivity contribution in [3.05, 3.63) is 12.1 Å². The average Bonchev–Trinajstić information content (AvgIpc) is 2.57. The van der Waals surface area contributed by atoms with Gasteiger partial charge in [0.1, 0.15) is 6.35 Å². The third-order valence-corrected chi connectivity index (χ3v) is 6.39. The summed E-state index contributed by atoms with van der Waals surface area (Å²) in [6.07, 6.45) is 17.8. The molecular formula is C18H33BClO-. The van der Waals surface area contributed by atoms with Crippen molar-refractivity contribution in [2.45, 2.75) is 88.7 Å². The van der Waals surface area contributed by atoms with E-state index in [1.54, 1.807) is 0 Å². The molecule has 2 aliphatic rings. The van der Waals surface area contributed by atoms with E-state index in [2.05, 4.69) is 12.1 Å². The largest absolute Gasteiger partial charge is 0.588 e. The van der Waals surface area contributed by atoms with E-state index >= 15 is 0 Å². The molecule has 0 radical (unpaired) electrons. The molecule has 3 heteroatoms. The number of hydrogen-bond acceptors (Lipinski definition) is 1. The standard InChI is InChI=1S/C18H33BClO/c1-21-19(15-9-4-10-16-20,17-11-5-2-6-12-17)18-13-7-3-8-14-18/h9,15,17-18H,2-8,10-14,16H2,1H3/q-1/b15-9+. The van der Waals surface area contributed by atoms with E-state index in [9.17, 15) is 0 Å². The van der Waals surface area contributed by atoms with E-state index < -0.39 is 6.35 Å². The van der Waals surface area contributed by atoms with E-state index in [1.807, 2.05) is 7.11 Å². The molecule has 0 bridgehead atoms. The molecule has 2 fully saturated rings. The van der Waals surface area contributed by atoms with E-state index in [0.717, 1.165) is 30.4 Å². The average molecular weight is 312 g/mol. The Morgan fingerprint density at radius 3 is 1.90 bits per heavy atom. The molecule has 21 heavy (non-hydrogen) atoms. The molecule has 0 aromatic rings. The van der Waals surface area contributed by atoms with Gasteiger partial charge in [-0.1, -0.05) is 64.2 Å². The molecule has 122 valence electrons. The number of unbranched alkanes of at least 4 members (excludes halogenated alkanes) is 1. The van der Waals surface area contributed by atoms with Gasteiger partial charge in [-0.3, -0.25) is 0 Å². The van der Waals surface area contributed by atoms with Crippen LogP contribution in [-0.4, -0.2) is 19.3 Å². The van der Waals surface area contributed by atoms with Crippen LogP contribution in [0.2, 0.25) is 11.6 Å². The highest BCUT2D eigenvalue weighted by Crippen LogP contribution is 2.49. The predicted octanol–water partition coefficient (Wildman–Crippen LogP) is 6.36. The SMILES string of the molecule is CO[B-](/C=C/CCCCl)(C1CCCCC1)C1CCCCC1. The normalized spacial score (nSPS) is 23.0. The molecule has 0 aliphatic heterocycles. The minimum Gasteiger partial charge on any atom is -0.588 e. The molecule has 2 aliphatic carbocycles. The van der Waals surface area contributed by atoms with Crippen LogP contribution >= 0.6 is 11.6 Å². The number of halogens is 1. The van der Waals surface area contributed by atoms with Crippen LogP contribution in [-0.2, 0) is 4.65 Å². The predicted molar refractivity (Wildman–Crippen MR) is 95.5 cm³/mol. The van der Waals surface area contributed by atoms with Crippen LogP contribution in [0.5, 0.6) is 0 Å². The first-order valence-corrected chi connectivity index (χ1v) is 9.82. The molecule has 0 N–H and O–H groups in total. The highest BCUT2D eigenvalue weighted by atomic mass is 35.5. The lowest BCUT2D eigenvalue weighted by Crippen LogP contribution is -2.47. The molecule has 0 atom stereocenters. The first-order valence-electron chi connectivity index (χ1n) is 9.29. The topological polar surface area (TPSA) is 9.23 Å². The monoisotopic (exact) mass is 311 g/mol. The van der Waals surface area contributed by atoms with Gasteiger partial charge in [-0.2, -0.15) is 0 Å². The Hall–Kier alpha value is 0.0549. The second-order valence-electron chi connectivity index (χ2n) is 7.28. The minimum atomic E-state index is -0.780. The second kappa shape index (κ2) is 9.25. The van der Waals surface area contributed by atoms with Crippen LogP contribution < -0.4 is 0 Å². The van der Waals surface area contributed by atoms with Gasteiger partial charge in [-0.25, -0.2) is 5.98 Å². The number of allylic oxidation sites excluding steroid dienone is 1. The Morgan fingerprint density at radius 1 is 0.952 bits per heavy atom. The third kappa shape index (κ3) is 4.51. The fraction of sp³-hybridized carbons (Fsp3) is 0.889. The molecule has 1 nitrogen and oxygen atoms in total. The summed E-state index contributed by atoms with van der Waals surface area (Å²) in [4.78, 5) is 0. The van der Waals surface area contributed by atoms with Crippen molar-refractivity contribution in [1.29, 1.82) is 0 Å². The lowest BCUT2D eigenvalue weighted by Gasteiger charge is -2.53. The van der Waals surface area contributed by atoms with E-state index in [0.29, 0.717) is 0 Å². The zero-order valence-electron chi connectivity index (χ0n) is 13.9. The third-order valence-electron chi connectivity index (χ3n) is 6.12. The molecule has 0 aromatic heterocycles. The number of hydrogen-bond donors (Lipinski definition) is 0. The van der Waals surface area contributed by atoms with Gasteiger partial charge in [0.05, 0.1) is 0 Å². The van der Waals surface area contributed by atoms with E-state index in [1.165, 1.54) is 64.2 Å². The summed E-state index contributed by atoms with van der Waals surface area (Å²) >= 11 is 5.82. The van der Waals surface area contributed by atoms with E-state index in [-0.39, 0.29) is 0 Å². The van der Waals surface area contributed by atoms with Crippen LogP contribution in [0.25, 0.3) is 0 Å². The van der Waals surface area contributed by atoms with Crippen molar-refractivity contribution in [2.24, 2.45) is 0 Å². The second-order valence-corrected chi connectivity index (χ2v) is 7.65. The quantitative estimate of drug-likeness (QED) is 0.302. The highest BCUT2D eigenvalue weighted by molar-refractivity contribution is 6.81. The Labute approximate surface area is 136 Å². The van der Waals surface area contributed by atoms with Gasteiger partial charge in [0.15, 0.2) is 0 Å².